The second kappa shape index (κ2) is 13.8. The van der Waals surface area contributed by atoms with E-state index < -0.39 is 28.5 Å². The molecule has 0 bridgehead atoms. The maximum Gasteiger partial charge on any atom is 0.264 e. The molecule has 0 fully saturated rings. The maximum atomic E-state index is 14.0. The Morgan fingerprint density at radius 3 is 2.13 bits per heavy atom. The summed E-state index contributed by atoms with van der Waals surface area (Å²) in [5, 5.41) is 2.89. The number of nitrogens with zero attached hydrogens (tertiary/aromatic N) is 2. The van der Waals surface area contributed by atoms with E-state index in [1.807, 2.05) is 32.9 Å². The van der Waals surface area contributed by atoms with Gasteiger partial charge in [-0.05, 0) is 61.7 Å². The van der Waals surface area contributed by atoms with Gasteiger partial charge in [0.25, 0.3) is 10.0 Å². The molecule has 3 rings (SSSR count). The number of carbonyl (C=O) groups is 2. The summed E-state index contributed by atoms with van der Waals surface area (Å²) in [7, 11) is -2.50. The Balaban J connectivity index is 2.02. The summed E-state index contributed by atoms with van der Waals surface area (Å²) >= 11 is 0. The lowest BCUT2D eigenvalue weighted by atomic mass is 10.1. The first kappa shape index (κ1) is 29.7. The highest BCUT2D eigenvalue weighted by Crippen LogP contribution is 2.25. The molecule has 3 aromatic carbocycles. The predicted octanol–water partition coefficient (Wildman–Crippen LogP) is 4.53. The highest BCUT2D eigenvalue weighted by Gasteiger charge is 2.33. The molecule has 3 aromatic rings. The minimum absolute atomic E-state index is 0.0767. The van der Waals surface area contributed by atoms with Crippen LogP contribution in [0, 0.1) is 6.92 Å². The van der Waals surface area contributed by atoms with Gasteiger partial charge >= 0.3 is 0 Å². The Labute approximate surface area is 231 Å². The van der Waals surface area contributed by atoms with E-state index in [9.17, 15) is 18.0 Å². The minimum atomic E-state index is -4.08. The number of hydrogen-bond donors (Lipinski definition) is 1. The Morgan fingerprint density at radius 1 is 0.923 bits per heavy atom. The van der Waals surface area contributed by atoms with E-state index in [1.165, 1.54) is 17.0 Å². The zero-order valence-corrected chi connectivity index (χ0v) is 23.8. The molecule has 8 nitrogen and oxygen atoms in total. The number of nitrogens with one attached hydrogen (secondary N) is 1. The van der Waals surface area contributed by atoms with Crippen molar-refractivity contribution in [2.75, 3.05) is 24.5 Å². The SMILES string of the molecule is CCCNC(=O)[C@@H](CC)N(Cc1ccc(OC)cc1)C(=O)CN(c1ccc(C)cc1)S(=O)(=O)c1ccccc1. The van der Waals surface area contributed by atoms with E-state index in [0.717, 1.165) is 21.9 Å². The van der Waals surface area contributed by atoms with Crippen LogP contribution in [0.25, 0.3) is 0 Å². The van der Waals surface area contributed by atoms with Crippen LogP contribution >= 0.6 is 0 Å². The molecule has 0 radical (unpaired) electrons. The molecular weight excluding hydrogens is 514 g/mol. The molecule has 0 saturated heterocycles. The first-order chi connectivity index (χ1) is 18.7. The van der Waals surface area contributed by atoms with Crippen molar-refractivity contribution in [1.29, 1.82) is 0 Å². The summed E-state index contributed by atoms with van der Waals surface area (Å²) < 4.78 is 33.9. The Kier molecular flexibility index (Phi) is 10.5. The molecule has 0 heterocycles. The zero-order chi connectivity index (χ0) is 28.4. The van der Waals surface area contributed by atoms with Crippen molar-refractivity contribution >= 4 is 27.5 Å². The van der Waals surface area contributed by atoms with Gasteiger partial charge in [-0.25, -0.2) is 8.42 Å². The molecule has 0 aromatic heterocycles. The van der Waals surface area contributed by atoms with Gasteiger partial charge in [0.15, 0.2) is 0 Å². The molecule has 208 valence electrons. The maximum absolute atomic E-state index is 14.0. The fraction of sp³-hybridized carbons (Fsp3) is 0.333. The summed E-state index contributed by atoms with van der Waals surface area (Å²) in [6.07, 6.45) is 1.12. The number of hydrogen-bond acceptors (Lipinski definition) is 5. The molecule has 0 unspecified atom stereocenters. The van der Waals surface area contributed by atoms with Crippen LogP contribution in [0.5, 0.6) is 5.75 Å². The van der Waals surface area contributed by atoms with Gasteiger partial charge in [-0.15, -0.1) is 0 Å². The minimum Gasteiger partial charge on any atom is -0.497 e. The summed E-state index contributed by atoms with van der Waals surface area (Å²) in [5.41, 5.74) is 2.12. The zero-order valence-electron chi connectivity index (χ0n) is 23.0. The highest BCUT2D eigenvalue weighted by molar-refractivity contribution is 7.92. The third kappa shape index (κ3) is 7.60. The molecule has 0 saturated carbocycles. The van der Waals surface area contributed by atoms with Gasteiger partial charge in [0.2, 0.25) is 11.8 Å². The van der Waals surface area contributed by atoms with E-state index in [1.54, 1.807) is 61.7 Å². The average molecular weight is 552 g/mol. The summed E-state index contributed by atoms with van der Waals surface area (Å²) in [6, 6.07) is 21.4. The summed E-state index contributed by atoms with van der Waals surface area (Å²) in [5.74, 6) is -0.0812. The Morgan fingerprint density at radius 2 is 1.56 bits per heavy atom. The van der Waals surface area contributed by atoms with Crippen LogP contribution in [0.2, 0.25) is 0 Å². The van der Waals surface area contributed by atoms with Crippen LogP contribution in [-0.4, -0.2) is 51.4 Å². The van der Waals surface area contributed by atoms with Crippen molar-refractivity contribution in [2.45, 2.75) is 51.1 Å². The monoisotopic (exact) mass is 551 g/mol. The van der Waals surface area contributed by atoms with Crippen LogP contribution in [0.15, 0.2) is 83.8 Å². The van der Waals surface area contributed by atoms with Gasteiger partial charge in [0.05, 0.1) is 17.7 Å². The second-order valence-electron chi connectivity index (χ2n) is 9.25. The lowest BCUT2D eigenvalue weighted by Crippen LogP contribution is -2.52. The molecule has 0 aliphatic rings. The normalized spacial score (nSPS) is 11.9. The summed E-state index contributed by atoms with van der Waals surface area (Å²) in [4.78, 5) is 28.7. The number of anilines is 1. The second-order valence-corrected chi connectivity index (χ2v) is 11.1. The first-order valence-electron chi connectivity index (χ1n) is 13.1. The molecule has 2 amide bonds. The predicted molar refractivity (Wildman–Crippen MR) is 153 cm³/mol. The lowest BCUT2D eigenvalue weighted by molar-refractivity contribution is -0.140. The standard InChI is InChI=1S/C30H37N3O5S/c1-5-20-31-30(35)28(6-2)32(21-24-14-18-26(38-4)19-15-24)29(34)22-33(25-16-12-23(3)13-17-25)39(36,37)27-10-8-7-9-11-27/h7-19,28H,5-6,20-22H2,1-4H3,(H,31,35)/t28-/m1/s1. The van der Waals surface area contributed by atoms with Crippen LogP contribution in [0.1, 0.15) is 37.8 Å². The molecule has 0 aliphatic carbocycles. The number of benzene rings is 3. The lowest BCUT2D eigenvalue weighted by Gasteiger charge is -2.33. The van der Waals surface area contributed by atoms with E-state index in [0.29, 0.717) is 24.4 Å². The van der Waals surface area contributed by atoms with Gasteiger partial charge in [-0.1, -0.05) is 61.9 Å². The topological polar surface area (TPSA) is 96.0 Å². The van der Waals surface area contributed by atoms with Crippen molar-refractivity contribution in [3.05, 3.63) is 90.0 Å². The Bertz CT molecular complexity index is 1330. The van der Waals surface area contributed by atoms with Crippen molar-refractivity contribution in [3.63, 3.8) is 0 Å². The van der Waals surface area contributed by atoms with Crippen molar-refractivity contribution in [1.82, 2.24) is 10.2 Å². The molecule has 0 aliphatic heterocycles. The van der Waals surface area contributed by atoms with Crippen molar-refractivity contribution in [3.8, 4) is 5.75 Å². The number of amides is 2. The van der Waals surface area contributed by atoms with Gasteiger partial charge < -0.3 is 15.0 Å². The fourth-order valence-corrected chi connectivity index (χ4v) is 5.61. The number of rotatable bonds is 13. The fourth-order valence-electron chi connectivity index (χ4n) is 4.17. The molecule has 0 spiro atoms. The molecular formula is C30H37N3O5S. The van der Waals surface area contributed by atoms with E-state index >= 15 is 0 Å². The molecule has 1 atom stereocenters. The largest absolute Gasteiger partial charge is 0.497 e. The van der Waals surface area contributed by atoms with Gasteiger partial charge in [0.1, 0.15) is 18.3 Å². The number of sulfonamides is 1. The number of aryl methyl sites for hydroxylation is 1. The Hall–Kier alpha value is -3.85. The van der Waals surface area contributed by atoms with Gasteiger partial charge in [-0.2, -0.15) is 0 Å². The molecule has 1 N–H and O–H groups in total. The third-order valence-electron chi connectivity index (χ3n) is 6.38. The number of carbonyl (C=O) groups excluding carboxylic acids is 2. The first-order valence-corrected chi connectivity index (χ1v) is 14.5. The average Bonchev–Trinajstić information content (AvgIpc) is 2.95. The third-order valence-corrected chi connectivity index (χ3v) is 8.17. The van der Waals surface area contributed by atoms with Gasteiger partial charge in [0, 0.05) is 13.1 Å². The highest BCUT2D eigenvalue weighted by atomic mass is 32.2. The number of methoxy groups -OCH3 is 1. The van der Waals surface area contributed by atoms with Crippen molar-refractivity contribution < 1.29 is 22.7 Å². The quantitative estimate of drug-likeness (QED) is 0.337. The number of ether oxygens (including phenoxy) is 1. The van der Waals surface area contributed by atoms with E-state index in [2.05, 4.69) is 5.32 Å². The van der Waals surface area contributed by atoms with Crippen LogP contribution in [-0.2, 0) is 26.2 Å². The van der Waals surface area contributed by atoms with Crippen molar-refractivity contribution in [2.24, 2.45) is 0 Å². The van der Waals surface area contributed by atoms with E-state index in [-0.39, 0.29) is 17.3 Å². The molecule has 39 heavy (non-hydrogen) atoms. The van der Waals surface area contributed by atoms with E-state index in [4.69, 9.17) is 4.74 Å². The van der Waals surface area contributed by atoms with Crippen LogP contribution < -0.4 is 14.4 Å². The van der Waals surface area contributed by atoms with Crippen LogP contribution in [0.3, 0.4) is 0 Å². The summed E-state index contributed by atoms with van der Waals surface area (Å²) in [6.45, 7) is 5.85. The van der Waals surface area contributed by atoms with Gasteiger partial charge in [-0.3, -0.25) is 13.9 Å². The molecule has 9 heteroatoms. The smallest absolute Gasteiger partial charge is 0.264 e. The van der Waals surface area contributed by atoms with Crippen LogP contribution in [0.4, 0.5) is 5.69 Å².